The largest absolute Gasteiger partial charge is 0.490 e. The summed E-state index contributed by atoms with van der Waals surface area (Å²) in [4.78, 5) is 2.13. The van der Waals surface area contributed by atoms with E-state index in [0.717, 1.165) is 44.6 Å². The van der Waals surface area contributed by atoms with Crippen molar-refractivity contribution in [3.8, 4) is 38.2 Å². The second kappa shape index (κ2) is 8.28. The monoisotopic (exact) mass is 466 g/mol. The molecule has 0 atom stereocenters. The first-order valence-corrected chi connectivity index (χ1v) is 11.7. The average Bonchev–Trinajstić information content (AvgIpc) is 3.36. The number of hydrogen-bond acceptors (Lipinski definition) is 5. The van der Waals surface area contributed by atoms with Gasteiger partial charge in [-0.05, 0) is 67.9 Å². The molecule has 5 rings (SSSR count). The van der Waals surface area contributed by atoms with E-state index >= 15 is 0 Å². The van der Waals surface area contributed by atoms with Gasteiger partial charge >= 0.3 is 0 Å². The van der Waals surface area contributed by atoms with Crippen molar-refractivity contribution in [2.45, 2.75) is 25.9 Å². The van der Waals surface area contributed by atoms with Crippen LogP contribution in [0.3, 0.4) is 0 Å². The quantitative estimate of drug-likeness (QED) is 0.383. The summed E-state index contributed by atoms with van der Waals surface area (Å²) in [7, 11) is 0. The molecule has 0 bridgehead atoms. The minimum atomic E-state index is -1.07. The molecule has 5 nitrogen and oxygen atoms in total. The maximum Gasteiger partial charge on any atom is 0.161 e. The van der Waals surface area contributed by atoms with Crippen LogP contribution in [-0.4, -0.2) is 28.1 Å². The molecule has 1 aliphatic rings. The van der Waals surface area contributed by atoms with Crippen LogP contribution in [-0.2, 0) is 5.60 Å². The Kier molecular flexibility index (Phi) is 5.45. The smallest absolute Gasteiger partial charge is 0.161 e. The molecule has 0 amide bonds. The molecule has 0 spiro atoms. The predicted molar refractivity (Wildman–Crippen MR) is 128 cm³/mol. The van der Waals surface area contributed by atoms with E-state index in [1.807, 2.05) is 42.5 Å². The summed E-state index contributed by atoms with van der Waals surface area (Å²) in [6.07, 6.45) is 0.878. The van der Waals surface area contributed by atoms with E-state index in [4.69, 9.17) is 26.2 Å². The summed E-state index contributed by atoms with van der Waals surface area (Å²) in [5.74, 6) is 1.56. The zero-order valence-corrected chi connectivity index (χ0v) is 19.4. The lowest BCUT2D eigenvalue weighted by molar-refractivity contribution is 0.0734. The minimum Gasteiger partial charge on any atom is -0.490 e. The number of halogens is 1. The van der Waals surface area contributed by atoms with Crippen LogP contribution in [0.5, 0.6) is 11.5 Å². The maximum absolute atomic E-state index is 10.6. The van der Waals surface area contributed by atoms with Crippen LogP contribution in [0.25, 0.3) is 26.7 Å². The highest BCUT2D eigenvalue weighted by Crippen LogP contribution is 2.40. The van der Waals surface area contributed by atoms with Crippen LogP contribution in [0, 0.1) is 0 Å². The minimum absolute atomic E-state index is 0.581. The topological polar surface area (TPSA) is 56.5 Å². The average molecular weight is 467 g/mol. The lowest BCUT2D eigenvalue weighted by atomic mass is 10.1. The van der Waals surface area contributed by atoms with Crippen molar-refractivity contribution in [3.05, 3.63) is 71.4 Å². The van der Waals surface area contributed by atoms with Crippen molar-refractivity contribution < 1.29 is 14.6 Å². The third kappa shape index (κ3) is 4.01. The van der Waals surface area contributed by atoms with E-state index in [2.05, 4.69) is 18.2 Å². The van der Waals surface area contributed by atoms with E-state index in [1.165, 1.54) is 0 Å². The zero-order valence-electron chi connectivity index (χ0n) is 17.8. The summed E-state index contributed by atoms with van der Waals surface area (Å²) in [5, 5.41) is 15.9. The molecule has 1 N–H and O–H groups in total. The van der Waals surface area contributed by atoms with E-state index < -0.39 is 5.60 Å². The standard InChI is InChI=1S/C25H23ClN2O3S/c1-25(2,29)24-15-19(28(27-24)18-7-4-3-6-17(18)26)23-11-10-22(32-23)16-8-9-20-21(14-16)31-13-5-12-30-20/h3-4,6-11,14-15,29H,5,12-13H2,1-2H3. The molecule has 3 heterocycles. The molecule has 7 heteroatoms. The van der Waals surface area contributed by atoms with Crippen LogP contribution >= 0.6 is 22.9 Å². The van der Waals surface area contributed by atoms with Gasteiger partial charge in [0.1, 0.15) is 5.60 Å². The Balaban J connectivity index is 1.58. The third-order valence-electron chi connectivity index (χ3n) is 5.31. The molecule has 0 unspecified atom stereocenters. The molecule has 2 aromatic carbocycles. The molecule has 0 fully saturated rings. The number of thiophene rings is 1. The fourth-order valence-corrected chi connectivity index (χ4v) is 4.83. The summed E-state index contributed by atoms with van der Waals surface area (Å²) < 4.78 is 13.4. The van der Waals surface area contributed by atoms with Crippen molar-refractivity contribution >= 4 is 22.9 Å². The molecular weight excluding hydrogens is 444 g/mol. The highest BCUT2D eigenvalue weighted by molar-refractivity contribution is 7.18. The van der Waals surface area contributed by atoms with Gasteiger partial charge in [0.25, 0.3) is 0 Å². The van der Waals surface area contributed by atoms with Gasteiger partial charge in [-0.2, -0.15) is 5.10 Å². The van der Waals surface area contributed by atoms with E-state index in [0.29, 0.717) is 23.9 Å². The van der Waals surface area contributed by atoms with Gasteiger partial charge in [0.15, 0.2) is 11.5 Å². The van der Waals surface area contributed by atoms with Gasteiger partial charge in [-0.15, -0.1) is 11.3 Å². The number of para-hydroxylation sites is 1. The first kappa shape index (κ1) is 21.1. The second-order valence-electron chi connectivity index (χ2n) is 8.21. The lowest BCUT2D eigenvalue weighted by Crippen LogP contribution is -2.16. The van der Waals surface area contributed by atoms with E-state index in [-0.39, 0.29) is 0 Å². The van der Waals surface area contributed by atoms with Gasteiger partial charge in [0.2, 0.25) is 0 Å². The van der Waals surface area contributed by atoms with Gasteiger partial charge in [0, 0.05) is 11.3 Å². The summed E-state index contributed by atoms with van der Waals surface area (Å²) >= 11 is 8.13. The molecule has 4 aromatic rings. The number of aromatic nitrogens is 2. The highest BCUT2D eigenvalue weighted by atomic mass is 35.5. The van der Waals surface area contributed by atoms with Crippen molar-refractivity contribution in [2.75, 3.05) is 13.2 Å². The number of ether oxygens (including phenoxy) is 2. The van der Waals surface area contributed by atoms with Crippen molar-refractivity contribution in [2.24, 2.45) is 0 Å². The SMILES string of the molecule is CC(C)(O)c1cc(-c2ccc(-c3ccc4c(c3)OCCCO4)s2)n(-c2ccccc2Cl)n1. The molecule has 2 aromatic heterocycles. The fourth-order valence-electron chi connectivity index (χ4n) is 3.61. The van der Waals surface area contributed by atoms with Gasteiger partial charge in [0.05, 0.1) is 40.2 Å². The molecule has 1 aliphatic heterocycles. The third-order valence-corrected chi connectivity index (χ3v) is 6.78. The Labute approximate surface area is 195 Å². The predicted octanol–water partition coefficient (Wildman–Crippen LogP) is 6.31. The van der Waals surface area contributed by atoms with Crippen molar-refractivity contribution in [1.29, 1.82) is 0 Å². The van der Waals surface area contributed by atoms with Gasteiger partial charge in [-0.1, -0.05) is 23.7 Å². The first-order chi connectivity index (χ1) is 15.4. The van der Waals surface area contributed by atoms with Crippen LogP contribution in [0.4, 0.5) is 0 Å². The Morgan fingerprint density at radius 3 is 2.50 bits per heavy atom. The number of aliphatic hydroxyl groups is 1. The molecule has 32 heavy (non-hydrogen) atoms. The summed E-state index contributed by atoms with van der Waals surface area (Å²) in [5.41, 5.74) is 2.22. The van der Waals surface area contributed by atoms with Gasteiger partial charge < -0.3 is 14.6 Å². The first-order valence-electron chi connectivity index (χ1n) is 10.5. The number of hydrogen-bond donors (Lipinski definition) is 1. The Bertz CT molecular complexity index is 1270. The Morgan fingerprint density at radius 1 is 0.969 bits per heavy atom. The number of nitrogens with zero attached hydrogens (tertiary/aromatic N) is 2. The molecule has 0 radical (unpaired) electrons. The van der Waals surface area contributed by atoms with Crippen LogP contribution < -0.4 is 9.47 Å². The maximum atomic E-state index is 10.6. The van der Waals surface area contributed by atoms with E-state index in [1.54, 1.807) is 29.9 Å². The molecular formula is C25H23ClN2O3S. The summed E-state index contributed by atoms with van der Waals surface area (Å²) in [6.45, 7) is 4.79. The number of rotatable bonds is 4. The molecule has 0 saturated heterocycles. The van der Waals surface area contributed by atoms with Gasteiger partial charge in [-0.25, -0.2) is 4.68 Å². The van der Waals surface area contributed by atoms with Crippen LogP contribution in [0.1, 0.15) is 26.0 Å². The lowest BCUT2D eigenvalue weighted by Gasteiger charge is -2.13. The Hall–Kier alpha value is -2.80. The second-order valence-corrected chi connectivity index (χ2v) is 9.70. The molecule has 0 saturated carbocycles. The normalized spacial score (nSPS) is 13.8. The van der Waals surface area contributed by atoms with Crippen LogP contribution in [0.2, 0.25) is 5.02 Å². The Morgan fingerprint density at radius 2 is 1.72 bits per heavy atom. The highest BCUT2D eigenvalue weighted by Gasteiger charge is 2.24. The van der Waals surface area contributed by atoms with Crippen LogP contribution in [0.15, 0.2) is 60.7 Å². The van der Waals surface area contributed by atoms with E-state index in [9.17, 15) is 5.11 Å². The van der Waals surface area contributed by atoms with Crippen molar-refractivity contribution in [3.63, 3.8) is 0 Å². The zero-order chi connectivity index (χ0) is 22.3. The van der Waals surface area contributed by atoms with Crippen molar-refractivity contribution in [1.82, 2.24) is 9.78 Å². The van der Waals surface area contributed by atoms with Gasteiger partial charge in [-0.3, -0.25) is 0 Å². The number of benzene rings is 2. The number of fused-ring (bicyclic) bond motifs is 1. The fraction of sp³-hybridized carbons (Fsp3) is 0.240. The molecule has 0 aliphatic carbocycles. The summed E-state index contributed by atoms with van der Waals surface area (Å²) in [6, 6.07) is 19.7. The molecule has 164 valence electrons.